The van der Waals surface area contributed by atoms with Gasteiger partial charge in [-0.2, -0.15) is 0 Å². The van der Waals surface area contributed by atoms with Crippen molar-refractivity contribution in [1.82, 2.24) is 20.2 Å². The van der Waals surface area contributed by atoms with Crippen LogP contribution < -0.4 is 5.32 Å². The lowest BCUT2D eigenvalue weighted by atomic mass is 10.2. The molecule has 27 heavy (non-hydrogen) atoms. The van der Waals surface area contributed by atoms with Gasteiger partial charge in [0.25, 0.3) is 5.91 Å². The Morgan fingerprint density at radius 1 is 1.30 bits per heavy atom. The summed E-state index contributed by atoms with van der Waals surface area (Å²) in [6.45, 7) is 4.44. The van der Waals surface area contributed by atoms with Gasteiger partial charge in [0.2, 0.25) is 0 Å². The number of thiazole rings is 1. The van der Waals surface area contributed by atoms with E-state index in [9.17, 15) is 4.79 Å². The Morgan fingerprint density at radius 2 is 2.15 bits per heavy atom. The number of hydrogen-bond acceptors (Lipinski definition) is 6. The van der Waals surface area contributed by atoms with Crippen molar-refractivity contribution >= 4 is 17.2 Å². The monoisotopic (exact) mass is 382 g/mol. The maximum absolute atomic E-state index is 12.8. The molecular formula is C20H22N4O2S. The summed E-state index contributed by atoms with van der Waals surface area (Å²) < 4.78 is 5.62. The number of pyridine rings is 1. The van der Waals surface area contributed by atoms with Crippen LogP contribution in [0.25, 0.3) is 10.7 Å². The average molecular weight is 382 g/mol. The molecular weight excluding hydrogens is 360 g/mol. The van der Waals surface area contributed by atoms with E-state index in [1.54, 1.807) is 12.5 Å². The second kappa shape index (κ2) is 8.02. The zero-order valence-electron chi connectivity index (χ0n) is 15.2. The fourth-order valence-corrected chi connectivity index (χ4v) is 4.38. The van der Waals surface area contributed by atoms with Crippen molar-refractivity contribution in [3.63, 3.8) is 0 Å². The summed E-state index contributed by atoms with van der Waals surface area (Å²) in [5.74, 6) is 0.801. The lowest BCUT2D eigenvalue weighted by molar-refractivity contribution is 0.0937. The summed E-state index contributed by atoms with van der Waals surface area (Å²) in [5, 5.41) is 3.84. The number of carbonyl (C=O) groups is 1. The summed E-state index contributed by atoms with van der Waals surface area (Å²) >= 11 is 1.38. The Morgan fingerprint density at radius 3 is 2.85 bits per heavy atom. The molecule has 4 rings (SSSR count). The summed E-state index contributed by atoms with van der Waals surface area (Å²) in [7, 11) is 0. The lowest BCUT2D eigenvalue weighted by Gasteiger charge is -2.25. The van der Waals surface area contributed by atoms with Crippen molar-refractivity contribution in [2.45, 2.75) is 25.8 Å². The fraction of sp³-hybridized carbons (Fsp3) is 0.350. The quantitative estimate of drug-likeness (QED) is 0.704. The van der Waals surface area contributed by atoms with Gasteiger partial charge in [0.1, 0.15) is 15.6 Å². The first-order valence-corrected chi connectivity index (χ1v) is 9.98. The van der Waals surface area contributed by atoms with Crippen LogP contribution in [0.4, 0.5) is 0 Å². The summed E-state index contributed by atoms with van der Waals surface area (Å²) in [4.78, 5) is 24.6. The molecule has 4 heterocycles. The SMILES string of the molecule is Cc1nc(-c2ccccn2)sc1C(=O)NC[C@H](c1ccco1)N1CCCC1. The van der Waals surface area contributed by atoms with Gasteiger partial charge >= 0.3 is 0 Å². The lowest BCUT2D eigenvalue weighted by Crippen LogP contribution is -2.36. The van der Waals surface area contributed by atoms with E-state index in [0.29, 0.717) is 11.4 Å². The molecule has 3 aromatic heterocycles. The molecule has 1 saturated heterocycles. The number of rotatable bonds is 6. The van der Waals surface area contributed by atoms with Crippen molar-refractivity contribution in [3.8, 4) is 10.7 Å². The highest BCUT2D eigenvalue weighted by molar-refractivity contribution is 7.17. The first-order valence-electron chi connectivity index (χ1n) is 9.17. The molecule has 1 fully saturated rings. The molecule has 0 aromatic carbocycles. The smallest absolute Gasteiger partial charge is 0.263 e. The number of hydrogen-bond donors (Lipinski definition) is 1. The molecule has 1 N–H and O–H groups in total. The van der Waals surface area contributed by atoms with Gasteiger partial charge in [0, 0.05) is 12.7 Å². The number of carbonyl (C=O) groups excluding carboxylic acids is 1. The molecule has 140 valence electrons. The third-order valence-corrected chi connectivity index (χ3v) is 5.97. The molecule has 1 atom stereocenters. The van der Waals surface area contributed by atoms with Gasteiger partial charge in [0.05, 0.1) is 23.7 Å². The van der Waals surface area contributed by atoms with Crippen molar-refractivity contribution in [2.24, 2.45) is 0 Å². The highest BCUT2D eigenvalue weighted by atomic mass is 32.1. The number of likely N-dealkylation sites (tertiary alicyclic amines) is 1. The third-order valence-electron chi connectivity index (χ3n) is 4.80. The van der Waals surface area contributed by atoms with Crippen molar-refractivity contribution in [2.75, 3.05) is 19.6 Å². The fourth-order valence-electron chi connectivity index (χ4n) is 3.42. The van der Waals surface area contributed by atoms with Crippen molar-refractivity contribution in [3.05, 3.63) is 59.1 Å². The van der Waals surface area contributed by atoms with Crippen LogP contribution in [-0.2, 0) is 0 Å². The van der Waals surface area contributed by atoms with Gasteiger partial charge in [0.15, 0.2) is 0 Å². The van der Waals surface area contributed by atoms with Crippen LogP contribution in [0.3, 0.4) is 0 Å². The van der Waals surface area contributed by atoms with Gasteiger partial charge in [-0.3, -0.25) is 14.7 Å². The Kier molecular flexibility index (Phi) is 5.31. The van der Waals surface area contributed by atoms with E-state index < -0.39 is 0 Å². The minimum Gasteiger partial charge on any atom is -0.468 e. The van der Waals surface area contributed by atoms with E-state index in [2.05, 4.69) is 20.2 Å². The predicted molar refractivity (Wildman–Crippen MR) is 105 cm³/mol. The minimum atomic E-state index is -0.0945. The summed E-state index contributed by atoms with van der Waals surface area (Å²) in [6.07, 6.45) is 5.79. The van der Waals surface area contributed by atoms with Gasteiger partial charge in [-0.25, -0.2) is 4.98 Å². The second-order valence-corrected chi connectivity index (χ2v) is 7.63. The zero-order valence-corrected chi connectivity index (χ0v) is 16.0. The molecule has 3 aromatic rings. The number of nitrogens with zero attached hydrogens (tertiary/aromatic N) is 3. The Balaban J connectivity index is 1.48. The predicted octanol–water partition coefficient (Wildman–Crippen LogP) is 3.67. The number of aromatic nitrogens is 2. The molecule has 7 heteroatoms. The third kappa shape index (κ3) is 3.94. The van der Waals surface area contributed by atoms with Gasteiger partial charge in [-0.1, -0.05) is 6.07 Å². The Bertz CT molecular complexity index is 886. The standard InChI is InChI=1S/C20H22N4O2S/c1-14-18(27-20(23-14)15-7-2-3-9-21-15)19(25)22-13-16(17-8-6-12-26-17)24-10-4-5-11-24/h2-3,6-9,12,16H,4-5,10-11,13H2,1H3,(H,22,25)/t16-/m1/s1. The molecule has 1 aliphatic heterocycles. The van der Waals surface area contributed by atoms with E-state index in [0.717, 1.165) is 35.2 Å². The maximum Gasteiger partial charge on any atom is 0.263 e. The Hall–Kier alpha value is -2.51. The van der Waals surface area contributed by atoms with Crippen LogP contribution in [0.2, 0.25) is 0 Å². The van der Waals surface area contributed by atoms with E-state index in [1.807, 2.05) is 37.3 Å². The first-order chi connectivity index (χ1) is 13.2. The molecule has 0 aliphatic carbocycles. The molecule has 0 radical (unpaired) electrons. The number of aryl methyl sites for hydroxylation is 1. The van der Waals surface area contributed by atoms with Gasteiger partial charge in [-0.15, -0.1) is 11.3 Å². The number of nitrogens with one attached hydrogen (secondary N) is 1. The van der Waals surface area contributed by atoms with E-state index in [-0.39, 0.29) is 11.9 Å². The largest absolute Gasteiger partial charge is 0.468 e. The van der Waals surface area contributed by atoms with E-state index in [4.69, 9.17) is 4.42 Å². The molecule has 0 spiro atoms. The molecule has 6 nitrogen and oxygen atoms in total. The zero-order chi connectivity index (χ0) is 18.6. The molecule has 0 bridgehead atoms. The topological polar surface area (TPSA) is 71.3 Å². The van der Waals surface area contributed by atoms with E-state index in [1.165, 1.54) is 24.2 Å². The highest BCUT2D eigenvalue weighted by Crippen LogP contribution is 2.28. The van der Waals surface area contributed by atoms with Crippen LogP contribution in [0, 0.1) is 6.92 Å². The maximum atomic E-state index is 12.8. The minimum absolute atomic E-state index is 0.0648. The van der Waals surface area contributed by atoms with Crippen LogP contribution >= 0.6 is 11.3 Å². The summed E-state index contributed by atoms with van der Waals surface area (Å²) in [6, 6.07) is 9.63. The molecule has 1 amide bonds. The van der Waals surface area contributed by atoms with Gasteiger partial charge in [-0.05, 0) is 57.1 Å². The number of amides is 1. The number of furan rings is 1. The first kappa shape index (κ1) is 17.9. The van der Waals surface area contributed by atoms with Crippen molar-refractivity contribution in [1.29, 1.82) is 0 Å². The molecule has 1 aliphatic rings. The normalized spacial score (nSPS) is 15.7. The Labute approximate surface area is 162 Å². The second-order valence-electron chi connectivity index (χ2n) is 6.63. The van der Waals surface area contributed by atoms with Crippen LogP contribution in [0.1, 0.15) is 40.0 Å². The average Bonchev–Trinajstić information content (AvgIpc) is 3.45. The van der Waals surface area contributed by atoms with Crippen LogP contribution in [0.15, 0.2) is 47.2 Å². The van der Waals surface area contributed by atoms with Crippen molar-refractivity contribution < 1.29 is 9.21 Å². The molecule has 0 unspecified atom stereocenters. The van der Waals surface area contributed by atoms with Crippen LogP contribution in [0.5, 0.6) is 0 Å². The summed E-state index contributed by atoms with van der Waals surface area (Å²) in [5.41, 5.74) is 1.52. The molecule has 0 saturated carbocycles. The van der Waals surface area contributed by atoms with Crippen LogP contribution in [-0.4, -0.2) is 40.4 Å². The highest BCUT2D eigenvalue weighted by Gasteiger charge is 2.26. The van der Waals surface area contributed by atoms with E-state index >= 15 is 0 Å². The van der Waals surface area contributed by atoms with Gasteiger partial charge < -0.3 is 9.73 Å².